The van der Waals surface area contributed by atoms with E-state index < -0.39 is 0 Å². The number of benzene rings is 1. The van der Waals surface area contributed by atoms with Gasteiger partial charge in [0.05, 0.1) is 0 Å². The second-order valence-corrected chi connectivity index (χ2v) is 6.31. The third-order valence-corrected chi connectivity index (χ3v) is 3.93. The molecule has 0 radical (unpaired) electrons. The molecule has 2 heteroatoms. The number of hydrogen-bond acceptors (Lipinski definition) is 2. The average molecular weight is 276 g/mol. The minimum absolute atomic E-state index is 0.385. The molecule has 0 saturated carbocycles. The Morgan fingerprint density at radius 3 is 2.45 bits per heavy atom. The molecule has 1 unspecified atom stereocenters. The summed E-state index contributed by atoms with van der Waals surface area (Å²) in [6.07, 6.45) is 3.69. The number of rotatable bonds is 10. The molecule has 0 heterocycles. The highest BCUT2D eigenvalue weighted by atomic mass is 15.1. The smallest absolute Gasteiger partial charge is 0.00446 e. The molecular weight excluding hydrogens is 244 g/mol. The van der Waals surface area contributed by atoms with E-state index in [1.807, 2.05) is 0 Å². The van der Waals surface area contributed by atoms with Crippen LogP contribution in [0.15, 0.2) is 30.3 Å². The summed E-state index contributed by atoms with van der Waals surface area (Å²) >= 11 is 0. The summed E-state index contributed by atoms with van der Waals surface area (Å²) in [6, 6.07) is 10.8. The summed E-state index contributed by atoms with van der Waals surface area (Å²) in [4.78, 5) is 2.49. The monoisotopic (exact) mass is 276 g/mol. The van der Waals surface area contributed by atoms with Gasteiger partial charge in [-0.25, -0.2) is 0 Å². The largest absolute Gasteiger partial charge is 0.316 e. The zero-order valence-corrected chi connectivity index (χ0v) is 13.8. The van der Waals surface area contributed by atoms with E-state index in [9.17, 15) is 0 Å². The Bertz CT molecular complexity index is 350. The summed E-state index contributed by atoms with van der Waals surface area (Å²) in [6.45, 7) is 11.4. The highest BCUT2D eigenvalue weighted by Crippen LogP contribution is 2.23. The van der Waals surface area contributed by atoms with Crippen molar-refractivity contribution in [3.63, 3.8) is 0 Å². The topological polar surface area (TPSA) is 15.3 Å². The maximum Gasteiger partial charge on any atom is 0.00446 e. The first kappa shape index (κ1) is 17.2. The zero-order chi connectivity index (χ0) is 14.8. The molecule has 0 saturated heterocycles. The molecule has 0 amide bonds. The molecule has 1 atom stereocenters. The second kappa shape index (κ2) is 9.15. The highest BCUT2D eigenvalue weighted by molar-refractivity contribution is 5.14. The Morgan fingerprint density at radius 1 is 1.15 bits per heavy atom. The maximum atomic E-state index is 3.53. The van der Waals surface area contributed by atoms with E-state index in [2.05, 4.69) is 68.4 Å². The molecule has 0 aliphatic heterocycles. The Morgan fingerprint density at radius 2 is 1.85 bits per heavy atom. The van der Waals surface area contributed by atoms with Crippen molar-refractivity contribution in [2.75, 3.05) is 33.2 Å². The van der Waals surface area contributed by atoms with Gasteiger partial charge in [0.25, 0.3) is 0 Å². The number of nitrogens with zero attached hydrogens (tertiary/aromatic N) is 1. The molecule has 1 rings (SSSR count). The molecular formula is C18H32N2. The highest BCUT2D eigenvalue weighted by Gasteiger charge is 2.24. The van der Waals surface area contributed by atoms with Crippen molar-refractivity contribution < 1.29 is 0 Å². The molecule has 20 heavy (non-hydrogen) atoms. The predicted octanol–water partition coefficient (Wildman–Crippen LogP) is 3.58. The normalized spacial score (nSPS) is 14.4. The third kappa shape index (κ3) is 6.53. The van der Waals surface area contributed by atoms with Crippen LogP contribution in [0.3, 0.4) is 0 Å². The van der Waals surface area contributed by atoms with Crippen LogP contribution in [0, 0.1) is 5.41 Å². The lowest BCUT2D eigenvalue weighted by atomic mass is 9.84. The van der Waals surface area contributed by atoms with Gasteiger partial charge in [-0.2, -0.15) is 0 Å². The van der Waals surface area contributed by atoms with E-state index in [-0.39, 0.29) is 0 Å². The Balaban J connectivity index is 2.42. The van der Waals surface area contributed by atoms with Crippen molar-refractivity contribution in [2.45, 2.75) is 40.0 Å². The van der Waals surface area contributed by atoms with Crippen molar-refractivity contribution in [3.05, 3.63) is 35.9 Å². The molecule has 0 spiro atoms. The molecule has 0 aliphatic rings. The summed E-state index contributed by atoms with van der Waals surface area (Å²) in [5, 5.41) is 3.53. The summed E-state index contributed by atoms with van der Waals surface area (Å²) < 4.78 is 0. The number of nitrogens with one attached hydrogen (secondary N) is 1. The van der Waals surface area contributed by atoms with Crippen LogP contribution >= 0.6 is 0 Å². The lowest BCUT2D eigenvalue weighted by Gasteiger charge is -2.34. The first-order chi connectivity index (χ1) is 9.59. The van der Waals surface area contributed by atoms with Crippen LogP contribution in [-0.2, 0) is 6.42 Å². The van der Waals surface area contributed by atoms with Gasteiger partial charge in [-0.15, -0.1) is 0 Å². The first-order valence-electron chi connectivity index (χ1n) is 8.03. The van der Waals surface area contributed by atoms with E-state index in [4.69, 9.17) is 0 Å². The van der Waals surface area contributed by atoms with Gasteiger partial charge in [0.2, 0.25) is 0 Å². The minimum Gasteiger partial charge on any atom is -0.316 e. The fraction of sp³-hybridized carbons (Fsp3) is 0.667. The SMILES string of the molecule is CCCC(C)(CNCC)CN(C)CCc1ccccc1. The van der Waals surface area contributed by atoms with Gasteiger partial charge in [-0.1, -0.05) is 57.5 Å². The molecule has 0 fully saturated rings. The van der Waals surface area contributed by atoms with Crippen LogP contribution in [0.25, 0.3) is 0 Å². The summed E-state index contributed by atoms with van der Waals surface area (Å²) in [7, 11) is 2.25. The fourth-order valence-corrected chi connectivity index (χ4v) is 2.95. The molecule has 1 aromatic carbocycles. The van der Waals surface area contributed by atoms with Crippen molar-refractivity contribution in [3.8, 4) is 0 Å². The van der Waals surface area contributed by atoms with E-state index in [0.717, 1.165) is 26.1 Å². The van der Waals surface area contributed by atoms with Crippen LogP contribution in [0.5, 0.6) is 0 Å². The van der Waals surface area contributed by atoms with Crippen LogP contribution < -0.4 is 5.32 Å². The van der Waals surface area contributed by atoms with E-state index in [1.165, 1.54) is 24.9 Å². The van der Waals surface area contributed by atoms with E-state index >= 15 is 0 Å². The maximum absolute atomic E-state index is 3.53. The lowest BCUT2D eigenvalue weighted by Crippen LogP contribution is -2.41. The molecule has 1 N–H and O–H groups in total. The summed E-state index contributed by atoms with van der Waals surface area (Å²) in [5.74, 6) is 0. The quantitative estimate of drug-likeness (QED) is 0.703. The van der Waals surface area contributed by atoms with E-state index in [0.29, 0.717) is 5.41 Å². The van der Waals surface area contributed by atoms with Gasteiger partial charge < -0.3 is 10.2 Å². The van der Waals surface area contributed by atoms with Gasteiger partial charge >= 0.3 is 0 Å². The predicted molar refractivity (Wildman–Crippen MR) is 89.2 cm³/mol. The Kier molecular flexibility index (Phi) is 7.86. The van der Waals surface area contributed by atoms with Crippen LogP contribution in [0.4, 0.5) is 0 Å². The lowest BCUT2D eigenvalue weighted by molar-refractivity contribution is 0.175. The molecule has 2 nitrogen and oxygen atoms in total. The fourth-order valence-electron chi connectivity index (χ4n) is 2.95. The second-order valence-electron chi connectivity index (χ2n) is 6.31. The van der Waals surface area contributed by atoms with E-state index in [1.54, 1.807) is 0 Å². The third-order valence-electron chi connectivity index (χ3n) is 3.93. The Labute approximate surface area is 125 Å². The average Bonchev–Trinajstić information content (AvgIpc) is 2.44. The van der Waals surface area contributed by atoms with Gasteiger partial charge in [0.1, 0.15) is 0 Å². The zero-order valence-electron chi connectivity index (χ0n) is 13.8. The van der Waals surface area contributed by atoms with Gasteiger partial charge in [-0.05, 0) is 37.4 Å². The van der Waals surface area contributed by atoms with Gasteiger partial charge in [0.15, 0.2) is 0 Å². The van der Waals surface area contributed by atoms with Crippen molar-refractivity contribution >= 4 is 0 Å². The molecule has 114 valence electrons. The molecule has 1 aromatic rings. The minimum atomic E-state index is 0.385. The van der Waals surface area contributed by atoms with Crippen LogP contribution in [0.2, 0.25) is 0 Å². The Hall–Kier alpha value is -0.860. The molecule has 0 aliphatic carbocycles. The van der Waals surface area contributed by atoms with Crippen molar-refractivity contribution in [2.24, 2.45) is 5.41 Å². The van der Waals surface area contributed by atoms with Gasteiger partial charge in [0, 0.05) is 19.6 Å². The van der Waals surface area contributed by atoms with Crippen molar-refractivity contribution in [1.82, 2.24) is 10.2 Å². The van der Waals surface area contributed by atoms with Crippen LogP contribution in [-0.4, -0.2) is 38.1 Å². The van der Waals surface area contributed by atoms with Gasteiger partial charge in [-0.3, -0.25) is 0 Å². The number of likely N-dealkylation sites (N-methyl/N-ethyl adjacent to an activating group) is 1. The van der Waals surface area contributed by atoms with Crippen LogP contribution in [0.1, 0.15) is 39.2 Å². The standard InChI is InChI=1S/C18H32N2/c1-5-13-18(3,15-19-6-2)16-20(4)14-12-17-10-8-7-9-11-17/h7-11,19H,5-6,12-16H2,1-4H3. The molecule has 0 bridgehead atoms. The summed E-state index contributed by atoms with van der Waals surface area (Å²) in [5.41, 5.74) is 1.82. The molecule has 0 aromatic heterocycles. The number of hydrogen-bond donors (Lipinski definition) is 1. The van der Waals surface area contributed by atoms with Crippen molar-refractivity contribution in [1.29, 1.82) is 0 Å². The first-order valence-corrected chi connectivity index (χ1v) is 8.03.